The molecule has 72 valence electrons. The van der Waals surface area contributed by atoms with Gasteiger partial charge in [-0.05, 0) is 5.92 Å². The quantitative estimate of drug-likeness (QED) is 0.529. The van der Waals surface area contributed by atoms with Crippen LogP contribution in [0.3, 0.4) is 0 Å². The number of amides is 1. The van der Waals surface area contributed by atoms with Crippen LogP contribution in [0.15, 0.2) is 0 Å². The van der Waals surface area contributed by atoms with Gasteiger partial charge < -0.3 is 16.6 Å². The fourth-order valence-electron chi connectivity index (χ4n) is 0.285. The molecular weight excluding hydrogens is 160 g/mol. The normalized spacial score (nSPS) is 11.4. The lowest BCUT2D eigenvalue weighted by molar-refractivity contribution is -0.139. The summed E-state index contributed by atoms with van der Waals surface area (Å²) in [4.78, 5) is 19.2. The fraction of sp³-hybridized carbons (Fsp3) is 0.714. The fourth-order valence-corrected chi connectivity index (χ4v) is 0.285. The maximum absolute atomic E-state index is 10.0. The summed E-state index contributed by atoms with van der Waals surface area (Å²) in [5, 5.41) is 8.23. The van der Waals surface area contributed by atoms with Crippen LogP contribution >= 0.6 is 0 Å². The molecule has 0 heterocycles. The Morgan fingerprint density at radius 3 is 1.58 bits per heavy atom. The molecule has 0 aromatic heterocycles. The largest absolute Gasteiger partial charge is 0.480 e. The van der Waals surface area contributed by atoms with Gasteiger partial charge >= 0.3 is 5.97 Å². The average molecular weight is 176 g/mol. The second kappa shape index (κ2) is 6.60. The molecule has 5 nitrogen and oxygen atoms in total. The van der Waals surface area contributed by atoms with Crippen molar-refractivity contribution in [1.82, 2.24) is 0 Å². The zero-order valence-electron chi connectivity index (χ0n) is 7.57. The number of aliphatic carboxylic acids is 1. The molecule has 5 heteroatoms. The van der Waals surface area contributed by atoms with E-state index in [1.807, 2.05) is 0 Å². The molecule has 0 saturated carbocycles. The summed E-state index contributed by atoms with van der Waals surface area (Å²) in [6.45, 7) is 4.86. The van der Waals surface area contributed by atoms with Gasteiger partial charge in [-0.25, -0.2) is 0 Å². The van der Waals surface area contributed by atoms with Gasteiger partial charge in [-0.15, -0.1) is 0 Å². The van der Waals surface area contributed by atoms with Crippen LogP contribution in [0.2, 0.25) is 0 Å². The van der Waals surface area contributed by atoms with E-state index in [9.17, 15) is 9.59 Å². The van der Waals surface area contributed by atoms with Crippen molar-refractivity contribution in [2.24, 2.45) is 17.4 Å². The molecule has 12 heavy (non-hydrogen) atoms. The lowest BCUT2D eigenvalue weighted by Gasteiger charge is -2.07. The predicted octanol–water partition coefficient (Wildman–Crippen LogP) is -0.454. The second-order valence-electron chi connectivity index (χ2n) is 2.72. The monoisotopic (exact) mass is 176 g/mol. The zero-order chi connectivity index (χ0) is 10.3. The van der Waals surface area contributed by atoms with E-state index in [1.165, 1.54) is 6.92 Å². The third-order valence-corrected chi connectivity index (χ3v) is 1.00. The Balaban J connectivity index is 0. The van der Waals surface area contributed by atoms with Gasteiger partial charge in [0, 0.05) is 6.92 Å². The zero-order valence-corrected chi connectivity index (χ0v) is 7.57. The summed E-state index contributed by atoms with van der Waals surface area (Å²) in [7, 11) is 0. The molecule has 0 bridgehead atoms. The van der Waals surface area contributed by atoms with E-state index in [0.717, 1.165) is 0 Å². The molecule has 5 N–H and O–H groups in total. The molecule has 0 saturated heterocycles. The van der Waals surface area contributed by atoms with Crippen LogP contribution in [-0.4, -0.2) is 23.0 Å². The van der Waals surface area contributed by atoms with Crippen molar-refractivity contribution in [2.75, 3.05) is 0 Å². The smallest absolute Gasteiger partial charge is 0.320 e. The number of carboxylic acid groups (broad SMARTS) is 1. The molecule has 0 aromatic rings. The second-order valence-corrected chi connectivity index (χ2v) is 2.72. The Bertz CT molecular complexity index is 153. The van der Waals surface area contributed by atoms with Crippen LogP contribution < -0.4 is 11.5 Å². The number of nitrogens with two attached hydrogens (primary N) is 2. The molecule has 0 spiro atoms. The summed E-state index contributed by atoms with van der Waals surface area (Å²) >= 11 is 0. The first-order valence-electron chi connectivity index (χ1n) is 3.53. The predicted molar refractivity (Wildman–Crippen MR) is 45.3 cm³/mol. The Kier molecular flexibility index (Phi) is 7.42. The van der Waals surface area contributed by atoms with E-state index in [1.54, 1.807) is 13.8 Å². The van der Waals surface area contributed by atoms with Crippen LogP contribution in [0.4, 0.5) is 0 Å². The number of carbonyl (C=O) groups excluding carboxylic acids is 1. The Morgan fingerprint density at radius 2 is 1.58 bits per heavy atom. The summed E-state index contributed by atoms with van der Waals surface area (Å²) < 4.78 is 0. The van der Waals surface area contributed by atoms with Crippen LogP contribution in [0.25, 0.3) is 0 Å². The maximum Gasteiger partial charge on any atom is 0.320 e. The van der Waals surface area contributed by atoms with Crippen LogP contribution in [0, 0.1) is 5.92 Å². The Morgan fingerprint density at radius 1 is 1.33 bits per heavy atom. The highest BCUT2D eigenvalue weighted by Crippen LogP contribution is 1.96. The Labute approximate surface area is 71.7 Å². The topological polar surface area (TPSA) is 106 Å². The first-order chi connectivity index (χ1) is 5.29. The lowest BCUT2D eigenvalue weighted by atomic mass is 10.1. The maximum atomic E-state index is 10.0. The molecule has 0 unspecified atom stereocenters. The van der Waals surface area contributed by atoms with Crippen molar-refractivity contribution >= 4 is 11.9 Å². The molecule has 0 aliphatic carbocycles. The number of carboxylic acids is 1. The molecule has 0 aliphatic rings. The van der Waals surface area contributed by atoms with Crippen molar-refractivity contribution in [3.63, 3.8) is 0 Å². The minimum absolute atomic E-state index is 0.0208. The van der Waals surface area contributed by atoms with Gasteiger partial charge in [-0.1, -0.05) is 13.8 Å². The first-order valence-corrected chi connectivity index (χ1v) is 3.53. The molecule has 0 radical (unpaired) electrons. The molecule has 0 fully saturated rings. The highest BCUT2D eigenvalue weighted by molar-refractivity contribution is 5.73. The van der Waals surface area contributed by atoms with Crippen LogP contribution in [0.5, 0.6) is 0 Å². The van der Waals surface area contributed by atoms with E-state index >= 15 is 0 Å². The molecule has 0 aromatic carbocycles. The van der Waals surface area contributed by atoms with E-state index in [-0.39, 0.29) is 11.8 Å². The van der Waals surface area contributed by atoms with Crippen molar-refractivity contribution in [1.29, 1.82) is 0 Å². The number of hydrogen-bond acceptors (Lipinski definition) is 3. The van der Waals surface area contributed by atoms with Crippen molar-refractivity contribution in [3.8, 4) is 0 Å². The summed E-state index contributed by atoms with van der Waals surface area (Å²) in [6.07, 6.45) is 0. The van der Waals surface area contributed by atoms with Gasteiger partial charge in [0.15, 0.2) is 0 Å². The summed E-state index contributed by atoms with van der Waals surface area (Å²) in [6, 6.07) is -0.713. The lowest BCUT2D eigenvalue weighted by Crippen LogP contribution is -2.34. The SMILES string of the molecule is CC(C)[C@H](N)C(=O)O.CC(N)=O. The summed E-state index contributed by atoms with van der Waals surface area (Å²) in [5.74, 6) is -1.24. The van der Waals surface area contributed by atoms with Crippen molar-refractivity contribution in [2.45, 2.75) is 26.8 Å². The van der Waals surface area contributed by atoms with Crippen molar-refractivity contribution < 1.29 is 14.7 Å². The standard InChI is InChI=1S/C5H11NO2.C2H5NO/c1-3(2)4(6)5(7)8;1-2(3)4/h3-4H,6H2,1-2H3,(H,7,8);1H3,(H2,3,4)/t4-;/m0./s1. The Hall–Kier alpha value is -1.10. The highest BCUT2D eigenvalue weighted by atomic mass is 16.4. The van der Waals surface area contributed by atoms with Crippen LogP contribution in [-0.2, 0) is 9.59 Å². The van der Waals surface area contributed by atoms with E-state index in [0.29, 0.717) is 0 Å². The van der Waals surface area contributed by atoms with E-state index in [2.05, 4.69) is 5.73 Å². The highest BCUT2D eigenvalue weighted by Gasteiger charge is 2.14. The van der Waals surface area contributed by atoms with Gasteiger partial charge in [0.05, 0.1) is 0 Å². The third-order valence-electron chi connectivity index (χ3n) is 1.00. The number of carbonyl (C=O) groups is 2. The minimum atomic E-state index is -0.931. The number of primary amides is 1. The minimum Gasteiger partial charge on any atom is -0.480 e. The van der Waals surface area contributed by atoms with Crippen molar-refractivity contribution in [3.05, 3.63) is 0 Å². The van der Waals surface area contributed by atoms with E-state index < -0.39 is 12.0 Å². The molecule has 0 rings (SSSR count). The van der Waals surface area contributed by atoms with Gasteiger partial charge in [0.1, 0.15) is 6.04 Å². The van der Waals surface area contributed by atoms with Crippen LogP contribution in [0.1, 0.15) is 20.8 Å². The molecule has 1 amide bonds. The van der Waals surface area contributed by atoms with Gasteiger partial charge in [-0.3, -0.25) is 9.59 Å². The molecule has 1 atom stereocenters. The third kappa shape index (κ3) is 11.7. The molecule has 0 aliphatic heterocycles. The van der Waals surface area contributed by atoms with Gasteiger partial charge in [-0.2, -0.15) is 0 Å². The number of rotatable bonds is 2. The number of hydrogen-bond donors (Lipinski definition) is 3. The average Bonchev–Trinajstić information content (AvgIpc) is 1.84. The van der Waals surface area contributed by atoms with Gasteiger partial charge in [0.25, 0.3) is 0 Å². The van der Waals surface area contributed by atoms with E-state index in [4.69, 9.17) is 10.8 Å². The molecular formula is C7H16N2O3. The summed E-state index contributed by atoms with van der Waals surface area (Å²) in [5.41, 5.74) is 9.63. The van der Waals surface area contributed by atoms with Gasteiger partial charge in [0.2, 0.25) is 5.91 Å². The first kappa shape index (κ1) is 13.5.